The van der Waals surface area contributed by atoms with Crippen LogP contribution in [0.4, 0.5) is 17.1 Å². The van der Waals surface area contributed by atoms with E-state index in [-0.39, 0.29) is 0 Å². The third kappa shape index (κ3) is 7.02. The summed E-state index contributed by atoms with van der Waals surface area (Å²) in [6, 6.07) is 97.0. The zero-order chi connectivity index (χ0) is 43.8. The summed E-state index contributed by atoms with van der Waals surface area (Å²) in [5.41, 5.74) is 18.5. The van der Waals surface area contributed by atoms with E-state index in [2.05, 4.69) is 276 Å². The average Bonchev–Trinajstić information content (AvgIpc) is 3.74. The van der Waals surface area contributed by atoms with E-state index in [1.807, 2.05) is 0 Å². The molecule has 0 saturated carbocycles. The molecule has 0 amide bonds. The lowest BCUT2D eigenvalue weighted by Gasteiger charge is -2.29. The van der Waals surface area contributed by atoms with Gasteiger partial charge in [0, 0.05) is 33.4 Å². The van der Waals surface area contributed by atoms with Crippen molar-refractivity contribution in [3.63, 3.8) is 0 Å². The Morgan fingerprint density at radius 3 is 1.52 bits per heavy atom. The largest absolute Gasteiger partial charge is 0.310 e. The smallest absolute Gasteiger partial charge is 0.0547 e. The summed E-state index contributed by atoms with van der Waals surface area (Å²) in [5.74, 6) is 0. The van der Waals surface area contributed by atoms with Crippen molar-refractivity contribution < 1.29 is 0 Å². The van der Waals surface area contributed by atoms with Gasteiger partial charge in [-0.3, -0.25) is 0 Å². The van der Waals surface area contributed by atoms with Crippen LogP contribution in [0.25, 0.3) is 93.9 Å². The zero-order valence-corrected chi connectivity index (χ0v) is 36.3. The standard InChI is InChI=1S/C64H44N2/c1-4-19-45(20-5-1)51-42-52(46-21-6-2-7-22-46)44-55(43-51)65(54-39-37-48(38-40-54)57-32-17-24-47-23-10-11-29-56(47)57)61-34-14-12-30-58(61)49-25-16-26-50(41-49)59-33-18-36-63-64(59)60-31-13-15-35-62(60)66(63)53-27-8-3-9-28-53/h1-44H. The summed E-state index contributed by atoms with van der Waals surface area (Å²) in [7, 11) is 0. The number of hydrogen-bond donors (Lipinski definition) is 0. The molecular weight excluding hydrogens is 797 g/mol. The second kappa shape index (κ2) is 16.8. The highest BCUT2D eigenvalue weighted by molar-refractivity contribution is 6.16. The third-order valence-corrected chi connectivity index (χ3v) is 13.0. The lowest BCUT2D eigenvalue weighted by Crippen LogP contribution is -2.11. The average molecular weight is 841 g/mol. The van der Waals surface area contributed by atoms with Gasteiger partial charge in [0.1, 0.15) is 0 Å². The first kappa shape index (κ1) is 38.9. The summed E-state index contributed by atoms with van der Waals surface area (Å²) in [6.07, 6.45) is 0. The van der Waals surface area contributed by atoms with E-state index in [0.717, 1.165) is 45.0 Å². The molecule has 0 aliphatic heterocycles. The lowest BCUT2D eigenvalue weighted by atomic mass is 9.94. The quantitative estimate of drug-likeness (QED) is 0.141. The highest BCUT2D eigenvalue weighted by atomic mass is 15.1. The van der Waals surface area contributed by atoms with Crippen LogP contribution < -0.4 is 4.90 Å². The lowest BCUT2D eigenvalue weighted by molar-refractivity contribution is 1.18. The topological polar surface area (TPSA) is 8.17 Å². The van der Waals surface area contributed by atoms with Crippen LogP contribution in [0, 0.1) is 0 Å². The van der Waals surface area contributed by atoms with Gasteiger partial charge in [-0.25, -0.2) is 0 Å². The molecule has 1 heterocycles. The van der Waals surface area contributed by atoms with Gasteiger partial charge in [-0.1, -0.05) is 200 Å². The molecule has 0 radical (unpaired) electrons. The summed E-state index contributed by atoms with van der Waals surface area (Å²) >= 11 is 0. The fourth-order valence-corrected chi connectivity index (χ4v) is 9.91. The molecule has 2 nitrogen and oxygen atoms in total. The van der Waals surface area contributed by atoms with Crippen LogP contribution in [0.3, 0.4) is 0 Å². The van der Waals surface area contributed by atoms with E-state index in [4.69, 9.17) is 0 Å². The van der Waals surface area contributed by atoms with E-state index in [9.17, 15) is 0 Å². The molecule has 0 aliphatic carbocycles. The molecule has 0 aliphatic rings. The van der Waals surface area contributed by atoms with Crippen LogP contribution in [0.2, 0.25) is 0 Å². The van der Waals surface area contributed by atoms with Crippen LogP contribution >= 0.6 is 0 Å². The Kier molecular flexibility index (Phi) is 9.89. The fourth-order valence-electron chi connectivity index (χ4n) is 9.91. The van der Waals surface area contributed by atoms with Gasteiger partial charge < -0.3 is 9.47 Å². The molecule has 0 fully saturated rings. The normalized spacial score (nSPS) is 11.3. The highest BCUT2D eigenvalue weighted by Crippen LogP contribution is 2.46. The van der Waals surface area contributed by atoms with Crippen molar-refractivity contribution in [2.24, 2.45) is 0 Å². The van der Waals surface area contributed by atoms with Crippen molar-refractivity contribution in [1.29, 1.82) is 0 Å². The Morgan fingerprint density at radius 2 is 0.773 bits per heavy atom. The predicted molar refractivity (Wildman–Crippen MR) is 280 cm³/mol. The SMILES string of the molecule is c1ccc(-c2cc(-c3ccccc3)cc(N(c3ccc(-c4cccc5ccccc45)cc3)c3ccccc3-c3cccc(-c4cccc5c4c4ccccc4n5-c4ccccc4)c3)c2)cc1. The monoisotopic (exact) mass is 840 g/mol. The highest BCUT2D eigenvalue weighted by Gasteiger charge is 2.21. The maximum absolute atomic E-state index is 2.45. The first-order valence-corrected chi connectivity index (χ1v) is 22.7. The second-order valence-electron chi connectivity index (χ2n) is 16.9. The zero-order valence-electron chi connectivity index (χ0n) is 36.3. The Morgan fingerprint density at radius 1 is 0.273 bits per heavy atom. The first-order valence-electron chi connectivity index (χ1n) is 22.7. The van der Waals surface area contributed by atoms with Gasteiger partial charge in [0.05, 0.1) is 16.7 Å². The minimum atomic E-state index is 1.07. The minimum Gasteiger partial charge on any atom is -0.310 e. The molecule has 1 aromatic heterocycles. The molecule has 0 bridgehead atoms. The van der Waals surface area contributed by atoms with Gasteiger partial charge in [-0.2, -0.15) is 0 Å². The van der Waals surface area contributed by atoms with Crippen molar-refractivity contribution in [3.8, 4) is 61.3 Å². The van der Waals surface area contributed by atoms with Crippen molar-refractivity contribution >= 4 is 49.6 Å². The van der Waals surface area contributed by atoms with Crippen LogP contribution in [-0.2, 0) is 0 Å². The second-order valence-corrected chi connectivity index (χ2v) is 16.9. The van der Waals surface area contributed by atoms with Crippen molar-refractivity contribution in [2.45, 2.75) is 0 Å². The summed E-state index contributed by atoms with van der Waals surface area (Å²) < 4.78 is 2.39. The van der Waals surface area contributed by atoms with E-state index in [0.29, 0.717) is 0 Å². The third-order valence-electron chi connectivity index (χ3n) is 13.0. The maximum atomic E-state index is 2.45. The summed E-state index contributed by atoms with van der Waals surface area (Å²) in [4.78, 5) is 2.45. The molecule has 12 rings (SSSR count). The maximum Gasteiger partial charge on any atom is 0.0547 e. The van der Waals surface area contributed by atoms with Gasteiger partial charge in [-0.15, -0.1) is 0 Å². The fraction of sp³-hybridized carbons (Fsp3) is 0. The van der Waals surface area contributed by atoms with Crippen LogP contribution in [0.15, 0.2) is 267 Å². The molecule has 0 atom stereocenters. The molecule has 310 valence electrons. The number of rotatable bonds is 9. The summed E-state index contributed by atoms with van der Waals surface area (Å²) in [6.45, 7) is 0. The Labute approximate surface area is 385 Å². The summed E-state index contributed by atoms with van der Waals surface area (Å²) in [5, 5.41) is 4.98. The Hall–Kier alpha value is -8.72. The van der Waals surface area contributed by atoms with Gasteiger partial charge in [0.2, 0.25) is 0 Å². The number of aromatic nitrogens is 1. The number of hydrogen-bond acceptors (Lipinski definition) is 1. The number of para-hydroxylation sites is 3. The molecule has 11 aromatic carbocycles. The van der Waals surface area contributed by atoms with Crippen LogP contribution in [0.5, 0.6) is 0 Å². The van der Waals surface area contributed by atoms with Gasteiger partial charge in [0.15, 0.2) is 0 Å². The van der Waals surface area contributed by atoms with E-state index in [1.165, 1.54) is 66.0 Å². The molecule has 0 N–H and O–H groups in total. The molecule has 0 saturated heterocycles. The number of benzene rings is 11. The van der Waals surface area contributed by atoms with Crippen molar-refractivity contribution in [1.82, 2.24) is 4.57 Å². The van der Waals surface area contributed by atoms with Gasteiger partial charge in [0.25, 0.3) is 0 Å². The predicted octanol–water partition coefficient (Wildman–Crippen LogP) is 17.7. The van der Waals surface area contributed by atoms with Gasteiger partial charge >= 0.3 is 0 Å². The van der Waals surface area contributed by atoms with E-state index in [1.54, 1.807) is 0 Å². The molecule has 66 heavy (non-hydrogen) atoms. The van der Waals surface area contributed by atoms with E-state index >= 15 is 0 Å². The number of anilines is 3. The number of nitrogens with zero attached hydrogens (tertiary/aromatic N) is 2. The van der Waals surface area contributed by atoms with Gasteiger partial charge in [-0.05, 0) is 128 Å². The van der Waals surface area contributed by atoms with Crippen LogP contribution in [0.1, 0.15) is 0 Å². The van der Waals surface area contributed by atoms with Crippen LogP contribution in [-0.4, -0.2) is 4.57 Å². The van der Waals surface area contributed by atoms with Crippen molar-refractivity contribution in [3.05, 3.63) is 267 Å². The minimum absolute atomic E-state index is 1.07. The molecular formula is C64H44N2. The number of fused-ring (bicyclic) bond motifs is 4. The molecule has 12 aromatic rings. The molecule has 2 heteroatoms. The Bertz CT molecular complexity index is 3620. The Balaban J connectivity index is 1.05. The molecule has 0 unspecified atom stereocenters. The van der Waals surface area contributed by atoms with E-state index < -0.39 is 0 Å². The van der Waals surface area contributed by atoms with Crippen molar-refractivity contribution in [2.75, 3.05) is 4.90 Å². The molecule has 0 spiro atoms. The first-order chi connectivity index (χ1) is 32.7.